The maximum atomic E-state index is 12.5. The van der Waals surface area contributed by atoms with Gasteiger partial charge >= 0.3 is 0 Å². The predicted octanol–water partition coefficient (Wildman–Crippen LogP) is 2.87. The number of aromatic amines is 1. The van der Waals surface area contributed by atoms with E-state index in [4.69, 9.17) is 17.0 Å². The topological polar surface area (TPSA) is 47.0 Å². The molecule has 0 saturated carbocycles. The molecule has 1 N–H and O–H groups in total. The number of hydrogen-bond acceptors (Lipinski definition) is 3. The van der Waals surface area contributed by atoms with Crippen LogP contribution in [0.5, 0.6) is 0 Å². The Hall–Kier alpha value is -1.46. The van der Waals surface area contributed by atoms with E-state index in [0.717, 1.165) is 5.52 Å². The summed E-state index contributed by atoms with van der Waals surface area (Å²) in [5, 5.41) is 0.642. The number of nitrogens with one attached hydrogen (secondary N) is 1. The van der Waals surface area contributed by atoms with Gasteiger partial charge in [0.25, 0.3) is 5.56 Å². The zero-order valence-electron chi connectivity index (χ0n) is 11.4. The highest BCUT2D eigenvalue weighted by Gasteiger charge is 2.20. The Kier molecular flexibility index (Phi) is 3.87. The molecule has 0 saturated heterocycles. The highest BCUT2D eigenvalue weighted by Crippen LogP contribution is 2.13. The number of ether oxygens (including phenoxy) is 1. The second kappa shape index (κ2) is 5.27. The second-order valence-electron chi connectivity index (χ2n) is 5.06. The van der Waals surface area contributed by atoms with Gasteiger partial charge in [-0.25, -0.2) is 0 Å². The molecule has 0 amide bonds. The Bertz CT molecular complexity index is 700. The minimum atomic E-state index is -0.428. The Labute approximate surface area is 117 Å². The van der Waals surface area contributed by atoms with Gasteiger partial charge in [-0.3, -0.25) is 9.36 Å². The third-order valence-corrected chi connectivity index (χ3v) is 3.29. The number of rotatable bonds is 4. The van der Waals surface area contributed by atoms with Gasteiger partial charge in [0.1, 0.15) is 0 Å². The highest BCUT2D eigenvalue weighted by atomic mass is 32.1. The number of H-pyrrole nitrogens is 1. The molecule has 5 heteroatoms. The van der Waals surface area contributed by atoms with Crippen LogP contribution in [0, 0.1) is 4.77 Å². The second-order valence-corrected chi connectivity index (χ2v) is 5.45. The minimum Gasteiger partial charge on any atom is -0.374 e. The van der Waals surface area contributed by atoms with Crippen molar-refractivity contribution in [3.8, 4) is 0 Å². The van der Waals surface area contributed by atoms with Gasteiger partial charge in [0.2, 0.25) is 0 Å². The lowest BCUT2D eigenvalue weighted by Gasteiger charge is -2.25. The van der Waals surface area contributed by atoms with Crippen molar-refractivity contribution in [2.75, 3.05) is 6.61 Å². The van der Waals surface area contributed by atoms with Crippen molar-refractivity contribution in [1.29, 1.82) is 0 Å². The summed E-state index contributed by atoms with van der Waals surface area (Å²) < 4.78 is 7.63. The van der Waals surface area contributed by atoms with Crippen molar-refractivity contribution < 1.29 is 4.74 Å². The van der Waals surface area contributed by atoms with Crippen LogP contribution >= 0.6 is 12.2 Å². The van der Waals surface area contributed by atoms with Crippen molar-refractivity contribution in [2.45, 2.75) is 32.9 Å². The monoisotopic (exact) mass is 278 g/mol. The molecular formula is C14H18N2O2S. The van der Waals surface area contributed by atoms with E-state index in [2.05, 4.69) is 4.98 Å². The van der Waals surface area contributed by atoms with Crippen molar-refractivity contribution >= 4 is 23.1 Å². The molecule has 0 atom stereocenters. The van der Waals surface area contributed by atoms with Crippen molar-refractivity contribution in [3.63, 3.8) is 0 Å². The molecule has 0 fully saturated rings. The first-order chi connectivity index (χ1) is 8.94. The summed E-state index contributed by atoms with van der Waals surface area (Å²) in [6.07, 6.45) is 0. The Morgan fingerprint density at radius 3 is 2.74 bits per heavy atom. The van der Waals surface area contributed by atoms with E-state index in [9.17, 15) is 4.79 Å². The van der Waals surface area contributed by atoms with Crippen LogP contribution in [0.1, 0.15) is 20.8 Å². The first kappa shape index (κ1) is 14.0. The minimum absolute atomic E-state index is 0.0767. The van der Waals surface area contributed by atoms with Crippen LogP contribution in [-0.4, -0.2) is 21.8 Å². The molecule has 1 heterocycles. The van der Waals surface area contributed by atoms with Crippen molar-refractivity contribution in [1.82, 2.24) is 9.55 Å². The van der Waals surface area contributed by atoms with E-state index in [1.807, 2.05) is 39.0 Å². The average Bonchev–Trinajstić information content (AvgIpc) is 2.34. The van der Waals surface area contributed by atoms with Crippen molar-refractivity contribution in [3.05, 3.63) is 39.4 Å². The van der Waals surface area contributed by atoms with Gasteiger partial charge in [0, 0.05) is 6.61 Å². The molecule has 0 aliphatic carbocycles. The normalized spacial score (nSPS) is 11.9. The first-order valence-corrected chi connectivity index (χ1v) is 6.71. The fraction of sp³-hybridized carbons (Fsp3) is 0.429. The van der Waals surface area contributed by atoms with Gasteiger partial charge < -0.3 is 9.72 Å². The molecule has 102 valence electrons. The molecule has 19 heavy (non-hydrogen) atoms. The summed E-state index contributed by atoms with van der Waals surface area (Å²) in [4.78, 5) is 15.5. The molecule has 0 aliphatic rings. The number of para-hydroxylation sites is 1. The molecule has 0 spiro atoms. The first-order valence-electron chi connectivity index (χ1n) is 6.30. The summed E-state index contributed by atoms with van der Waals surface area (Å²) in [7, 11) is 0. The lowest BCUT2D eigenvalue weighted by Crippen LogP contribution is -2.36. The molecule has 0 aliphatic heterocycles. The quantitative estimate of drug-likeness (QED) is 0.875. The van der Waals surface area contributed by atoms with E-state index in [1.54, 1.807) is 10.6 Å². The maximum absolute atomic E-state index is 12.5. The molecule has 0 bridgehead atoms. The summed E-state index contributed by atoms with van der Waals surface area (Å²) >= 11 is 5.27. The maximum Gasteiger partial charge on any atom is 0.262 e. The molecule has 2 rings (SSSR count). The van der Waals surface area contributed by atoms with Crippen LogP contribution < -0.4 is 5.56 Å². The van der Waals surface area contributed by atoms with Crippen LogP contribution in [0.4, 0.5) is 0 Å². The molecule has 1 aromatic carbocycles. The zero-order chi connectivity index (χ0) is 14.0. The number of benzene rings is 1. The molecule has 4 nitrogen and oxygen atoms in total. The highest BCUT2D eigenvalue weighted by molar-refractivity contribution is 7.71. The smallest absolute Gasteiger partial charge is 0.262 e. The van der Waals surface area contributed by atoms with E-state index in [1.165, 1.54) is 0 Å². The molecule has 1 aromatic heterocycles. The summed E-state index contributed by atoms with van der Waals surface area (Å²) in [6, 6.07) is 7.37. The van der Waals surface area contributed by atoms with Gasteiger partial charge in [-0.2, -0.15) is 0 Å². The summed E-state index contributed by atoms with van der Waals surface area (Å²) in [6.45, 7) is 6.87. The van der Waals surface area contributed by atoms with Crippen LogP contribution in [0.2, 0.25) is 0 Å². The average molecular weight is 278 g/mol. The third kappa shape index (κ3) is 2.93. The Morgan fingerprint density at radius 1 is 1.37 bits per heavy atom. The van der Waals surface area contributed by atoms with E-state index >= 15 is 0 Å². The van der Waals surface area contributed by atoms with E-state index in [-0.39, 0.29) is 5.56 Å². The molecule has 0 unspecified atom stereocenters. The van der Waals surface area contributed by atoms with Crippen LogP contribution in [0.3, 0.4) is 0 Å². The van der Waals surface area contributed by atoms with Crippen LogP contribution in [-0.2, 0) is 11.3 Å². The Morgan fingerprint density at radius 2 is 2.05 bits per heavy atom. The molecule has 2 aromatic rings. The SMILES string of the molecule is CCOC(C)(C)Cn1c(=S)[nH]c2ccccc2c1=O. The number of nitrogens with zero attached hydrogens (tertiary/aromatic N) is 1. The van der Waals surface area contributed by atoms with Crippen LogP contribution in [0.15, 0.2) is 29.1 Å². The Balaban J connectivity index is 2.56. The summed E-state index contributed by atoms with van der Waals surface area (Å²) in [5.74, 6) is 0. The van der Waals surface area contributed by atoms with Gasteiger partial charge in [0.05, 0.1) is 23.0 Å². The summed E-state index contributed by atoms with van der Waals surface area (Å²) in [5.41, 5.74) is 0.262. The fourth-order valence-corrected chi connectivity index (χ4v) is 2.42. The largest absolute Gasteiger partial charge is 0.374 e. The number of fused-ring (bicyclic) bond motifs is 1. The van der Waals surface area contributed by atoms with Crippen molar-refractivity contribution in [2.24, 2.45) is 0 Å². The third-order valence-electron chi connectivity index (χ3n) is 2.96. The lowest BCUT2D eigenvalue weighted by atomic mass is 10.1. The molecular weight excluding hydrogens is 260 g/mol. The molecule has 0 radical (unpaired) electrons. The number of aromatic nitrogens is 2. The number of hydrogen-bond donors (Lipinski definition) is 1. The van der Waals surface area contributed by atoms with Gasteiger partial charge in [-0.05, 0) is 45.1 Å². The van der Waals surface area contributed by atoms with E-state index in [0.29, 0.717) is 23.3 Å². The predicted molar refractivity (Wildman–Crippen MR) is 79.1 cm³/mol. The standard InChI is InChI=1S/C14H18N2O2S/c1-4-18-14(2,3)9-16-12(17)10-7-5-6-8-11(10)15-13(16)19/h5-8H,4,9H2,1-3H3,(H,15,19). The zero-order valence-corrected chi connectivity index (χ0v) is 12.2. The fourth-order valence-electron chi connectivity index (χ4n) is 2.16. The van der Waals surface area contributed by atoms with E-state index < -0.39 is 5.60 Å². The van der Waals surface area contributed by atoms with Crippen LogP contribution in [0.25, 0.3) is 10.9 Å². The lowest BCUT2D eigenvalue weighted by molar-refractivity contribution is -0.0233. The van der Waals surface area contributed by atoms with Gasteiger partial charge in [-0.15, -0.1) is 0 Å². The van der Waals surface area contributed by atoms with Gasteiger partial charge in [0.15, 0.2) is 4.77 Å². The van der Waals surface area contributed by atoms with Gasteiger partial charge in [-0.1, -0.05) is 12.1 Å².